The summed E-state index contributed by atoms with van der Waals surface area (Å²) in [6, 6.07) is 4.79. The largest absolute Gasteiger partial charge is 0.314 e. The normalized spacial score (nSPS) is 17.0. The number of benzene rings is 1. The molecule has 1 aromatic rings. The van der Waals surface area contributed by atoms with Crippen molar-refractivity contribution in [3.05, 3.63) is 34.6 Å². The molecule has 0 aromatic heterocycles. The van der Waals surface area contributed by atoms with Crippen LogP contribution in [0.4, 0.5) is 4.39 Å². The number of piperazine rings is 1. The summed E-state index contributed by atoms with van der Waals surface area (Å²) in [5.41, 5.74) is 0.739. The summed E-state index contributed by atoms with van der Waals surface area (Å²) in [7, 11) is 0. The van der Waals surface area contributed by atoms with E-state index in [0.29, 0.717) is 5.02 Å². The molecule has 1 aliphatic rings. The van der Waals surface area contributed by atoms with Gasteiger partial charge in [-0.3, -0.25) is 0 Å². The molecule has 1 saturated heterocycles. The van der Waals surface area contributed by atoms with Crippen molar-refractivity contribution in [2.24, 2.45) is 0 Å². The van der Waals surface area contributed by atoms with Gasteiger partial charge in [-0.05, 0) is 49.6 Å². The molecule has 4 heteroatoms. The van der Waals surface area contributed by atoms with Crippen LogP contribution in [0.15, 0.2) is 18.2 Å². The average molecular weight is 271 g/mol. The highest BCUT2D eigenvalue weighted by Crippen LogP contribution is 2.17. The molecular formula is C14H20ClFN2. The van der Waals surface area contributed by atoms with Crippen LogP contribution in [-0.2, 0) is 6.42 Å². The second-order valence-electron chi connectivity index (χ2n) is 4.78. The molecule has 1 fully saturated rings. The Morgan fingerprint density at radius 1 is 1.22 bits per heavy atom. The summed E-state index contributed by atoms with van der Waals surface area (Å²) >= 11 is 5.87. The maximum absolute atomic E-state index is 13.5. The van der Waals surface area contributed by atoms with Crippen molar-refractivity contribution < 1.29 is 4.39 Å². The Morgan fingerprint density at radius 2 is 2.00 bits per heavy atom. The van der Waals surface area contributed by atoms with Crippen molar-refractivity contribution in [2.45, 2.75) is 19.3 Å². The number of aryl methyl sites for hydroxylation is 1. The minimum Gasteiger partial charge on any atom is -0.314 e. The quantitative estimate of drug-likeness (QED) is 0.828. The fraction of sp³-hybridized carbons (Fsp3) is 0.571. The summed E-state index contributed by atoms with van der Waals surface area (Å²) in [5.74, 6) is -0.137. The molecule has 2 nitrogen and oxygen atoms in total. The van der Waals surface area contributed by atoms with Crippen LogP contribution in [0.2, 0.25) is 5.02 Å². The number of halogens is 2. The van der Waals surface area contributed by atoms with E-state index in [0.717, 1.165) is 57.5 Å². The van der Waals surface area contributed by atoms with E-state index in [1.807, 2.05) is 0 Å². The van der Waals surface area contributed by atoms with E-state index >= 15 is 0 Å². The summed E-state index contributed by atoms with van der Waals surface area (Å²) < 4.78 is 13.5. The SMILES string of the molecule is Fc1ccc(Cl)cc1CCCCN1CCNCC1. The van der Waals surface area contributed by atoms with Crippen LogP contribution in [-0.4, -0.2) is 37.6 Å². The van der Waals surface area contributed by atoms with Crippen molar-refractivity contribution in [3.8, 4) is 0 Å². The Kier molecular flexibility index (Phi) is 5.42. The molecule has 0 amide bonds. The Labute approximate surface area is 113 Å². The van der Waals surface area contributed by atoms with Crippen LogP contribution < -0.4 is 5.32 Å². The topological polar surface area (TPSA) is 15.3 Å². The van der Waals surface area contributed by atoms with Gasteiger partial charge in [0.25, 0.3) is 0 Å². The molecule has 2 rings (SSSR count). The lowest BCUT2D eigenvalue weighted by Crippen LogP contribution is -2.43. The summed E-state index contributed by atoms with van der Waals surface area (Å²) in [6.07, 6.45) is 2.91. The highest BCUT2D eigenvalue weighted by molar-refractivity contribution is 6.30. The van der Waals surface area contributed by atoms with E-state index in [-0.39, 0.29) is 5.82 Å². The van der Waals surface area contributed by atoms with Gasteiger partial charge in [0.05, 0.1) is 0 Å². The third-order valence-electron chi connectivity index (χ3n) is 3.39. The fourth-order valence-electron chi connectivity index (χ4n) is 2.32. The lowest BCUT2D eigenvalue weighted by molar-refractivity contribution is 0.237. The van der Waals surface area contributed by atoms with Crippen molar-refractivity contribution in [3.63, 3.8) is 0 Å². The van der Waals surface area contributed by atoms with Gasteiger partial charge in [-0.15, -0.1) is 0 Å². The smallest absolute Gasteiger partial charge is 0.126 e. The Bertz CT molecular complexity index is 378. The van der Waals surface area contributed by atoms with Crippen LogP contribution in [0.3, 0.4) is 0 Å². The zero-order chi connectivity index (χ0) is 12.8. The van der Waals surface area contributed by atoms with Crippen molar-refractivity contribution >= 4 is 11.6 Å². The first-order valence-electron chi connectivity index (χ1n) is 6.63. The number of unbranched alkanes of at least 4 members (excludes halogenated alkanes) is 1. The third-order valence-corrected chi connectivity index (χ3v) is 3.62. The van der Waals surface area contributed by atoms with E-state index in [4.69, 9.17) is 11.6 Å². The number of rotatable bonds is 5. The maximum atomic E-state index is 13.5. The van der Waals surface area contributed by atoms with Gasteiger partial charge in [0.1, 0.15) is 5.82 Å². The number of hydrogen-bond donors (Lipinski definition) is 1. The molecular weight excluding hydrogens is 251 g/mol. The zero-order valence-electron chi connectivity index (χ0n) is 10.6. The minimum absolute atomic E-state index is 0.137. The Balaban J connectivity index is 1.69. The molecule has 1 aliphatic heterocycles. The van der Waals surface area contributed by atoms with Gasteiger partial charge in [0.2, 0.25) is 0 Å². The molecule has 1 heterocycles. The summed E-state index contributed by atoms with van der Waals surface area (Å²) in [5, 5.41) is 3.96. The average Bonchev–Trinajstić information content (AvgIpc) is 2.40. The molecule has 0 spiro atoms. The van der Waals surface area contributed by atoms with Gasteiger partial charge in [-0.1, -0.05) is 11.6 Å². The van der Waals surface area contributed by atoms with Gasteiger partial charge < -0.3 is 10.2 Å². The number of nitrogens with zero attached hydrogens (tertiary/aromatic N) is 1. The van der Waals surface area contributed by atoms with E-state index < -0.39 is 0 Å². The molecule has 0 atom stereocenters. The van der Waals surface area contributed by atoms with Crippen LogP contribution >= 0.6 is 11.6 Å². The van der Waals surface area contributed by atoms with Gasteiger partial charge in [0.15, 0.2) is 0 Å². The molecule has 0 bridgehead atoms. The first-order chi connectivity index (χ1) is 8.75. The van der Waals surface area contributed by atoms with Gasteiger partial charge >= 0.3 is 0 Å². The predicted molar refractivity (Wildman–Crippen MR) is 73.7 cm³/mol. The van der Waals surface area contributed by atoms with E-state index in [2.05, 4.69) is 10.2 Å². The summed E-state index contributed by atoms with van der Waals surface area (Å²) in [6.45, 7) is 5.55. The molecule has 0 unspecified atom stereocenters. The lowest BCUT2D eigenvalue weighted by atomic mass is 10.1. The van der Waals surface area contributed by atoms with Crippen LogP contribution in [0.1, 0.15) is 18.4 Å². The maximum Gasteiger partial charge on any atom is 0.126 e. The Hall–Kier alpha value is -0.640. The molecule has 0 radical (unpaired) electrons. The van der Waals surface area contributed by atoms with Gasteiger partial charge in [-0.25, -0.2) is 4.39 Å². The Morgan fingerprint density at radius 3 is 2.78 bits per heavy atom. The predicted octanol–water partition coefficient (Wildman–Crippen LogP) is 2.71. The summed E-state index contributed by atoms with van der Waals surface area (Å²) in [4.78, 5) is 2.46. The highest BCUT2D eigenvalue weighted by Gasteiger charge is 2.09. The standard InChI is InChI=1S/C14H20ClFN2/c15-13-4-5-14(16)12(11-13)3-1-2-8-18-9-6-17-7-10-18/h4-5,11,17H,1-3,6-10H2. The molecule has 1 aromatic carbocycles. The van der Waals surface area contributed by atoms with E-state index in [1.165, 1.54) is 6.07 Å². The number of nitrogens with one attached hydrogen (secondary N) is 1. The molecule has 0 saturated carbocycles. The monoisotopic (exact) mass is 270 g/mol. The van der Waals surface area contributed by atoms with Crippen molar-refractivity contribution in [1.82, 2.24) is 10.2 Å². The molecule has 100 valence electrons. The fourth-order valence-corrected chi connectivity index (χ4v) is 2.52. The minimum atomic E-state index is -0.137. The van der Waals surface area contributed by atoms with Gasteiger partial charge in [0, 0.05) is 31.2 Å². The molecule has 0 aliphatic carbocycles. The highest BCUT2D eigenvalue weighted by atomic mass is 35.5. The first kappa shape index (κ1) is 13.8. The second kappa shape index (κ2) is 7.07. The zero-order valence-corrected chi connectivity index (χ0v) is 11.3. The van der Waals surface area contributed by atoms with E-state index in [1.54, 1.807) is 12.1 Å². The van der Waals surface area contributed by atoms with E-state index in [9.17, 15) is 4.39 Å². The van der Waals surface area contributed by atoms with Crippen LogP contribution in [0.5, 0.6) is 0 Å². The lowest BCUT2D eigenvalue weighted by Gasteiger charge is -2.27. The van der Waals surface area contributed by atoms with Crippen LogP contribution in [0, 0.1) is 5.82 Å². The number of hydrogen-bond acceptors (Lipinski definition) is 2. The first-order valence-corrected chi connectivity index (χ1v) is 7.00. The second-order valence-corrected chi connectivity index (χ2v) is 5.22. The molecule has 1 N–H and O–H groups in total. The third kappa shape index (κ3) is 4.23. The van der Waals surface area contributed by atoms with Gasteiger partial charge in [-0.2, -0.15) is 0 Å². The molecule has 18 heavy (non-hydrogen) atoms. The van der Waals surface area contributed by atoms with Crippen molar-refractivity contribution in [1.29, 1.82) is 0 Å². The van der Waals surface area contributed by atoms with Crippen molar-refractivity contribution in [2.75, 3.05) is 32.7 Å². The van der Waals surface area contributed by atoms with Crippen LogP contribution in [0.25, 0.3) is 0 Å².